The van der Waals surface area contributed by atoms with E-state index in [1.807, 2.05) is 0 Å². The predicted octanol–water partition coefficient (Wildman–Crippen LogP) is 14.5. The van der Waals surface area contributed by atoms with Crippen LogP contribution in [0, 0.1) is 0 Å². The molecule has 1 aliphatic carbocycles. The molecule has 0 fully saturated rings. The Kier molecular flexibility index (Phi) is 8.53. The summed E-state index contributed by atoms with van der Waals surface area (Å²) in [6.45, 7) is 4.67. The van der Waals surface area contributed by atoms with Crippen molar-refractivity contribution in [1.29, 1.82) is 0 Å². The summed E-state index contributed by atoms with van der Waals surface area (Å²) in [6.07, 6.45) is 0. The van der Waals surface area contributed by atoms with Gasteiger partial charge in [0, 0.05) is 22.1 Å². The lowest BCUT2D eigenvalue weighted by molar-refractivity contribution is 0.660. The van der Waals surface area contributed by atoms with Gasteiger partial charge in [-0.05, 0) is 97.1 Å². The minimum Gasteiger partial charge on any atom is -0.228 e. The standard InChI is InChI=1S/C55H40N2/c1-55(2)50-25-10-9-24-48(50)49-31-30-44(35-51(49)55)40-28-26-39(27-29-40)43-20-13-23-47(34-43)54-56-52(45-21-11-18-41(32-45)37-14-5-3-6-15-37)36-53(57-54)46-22-12-19-42(33-46)38-16-7-4-8-17-38/h3-36H,1-2H3. The van der Waals surface area contributed by atoms with Gasteiger partial charge in [0.25, 0.3) is 0 Å². The molecule has 57 heavy (non-hydrogen) atoms. The van der Waals surface area contributed by atoms with E-state index in [9.17, 15) is 0 Å². The highest BCUT2D eigenvalue weighted by molar-refractivity contribution is 5.84. The van der Waals surface area contributed by atoms with Gasteiger partial charge in [0.1, 0.15) is 0 Å². The van der Waals surface area contributed by atoms with Gasteiger partial charge in [-0.3, -0.25) is 0 Å². The number of hydrogen-bond donors (Lipinski definition) is 0. The van der Waals surface area contributed by atoms with Crippen LogP contribution in [0.15, 0.2) is 206 Å². The quantitative estimate of drug-likeness (QED) is 0.163. The van der Waals surface area contributed by atoms with Crippen LogP contribution in [0.25, 0.3) is 89.5 Å². The van der Waals surface area contributed by atoms with E-state index >= 15 is 0 Å². The van der Waals surface area contributed by atoms with Gasteiger partial charge in [-0.15, -0.1) is 0 Å². The van der Waals surface area contributed by atoms with E-state index in [1.54, 1.807) is 0 Å². The van der Waals surface area contributed by atoms with E-state index < -0.39 is 0 Å². The van der Waals surface area contributed by atoms with E-state index in [2.05, 4.69) is 220 Å². The van der Waals surface area contributed by atoms with Crippen molar-refractivity contribution in [3.05, 3.63) is 217 Å². The van der Waals surface area contributed by atoms with E-state index in [0.29, 0.717) is 5.82 Å². The molecule has 2 heteroatoms. The summed E-state index contributed by atoms with van der Waals surface area (Å²) < 4.78 is 0. The molecule has 1 aliphatic rings. The molecule has 0 unspecified atom stereocenters. The topological polar surface area (TPSA) is 25.8 Å². The molecule has 0 N–H and O–H groups in total. The Morgan fingerprint density at radius 3 is 1.23 bits per heavy atom. The second-order valence-corrected chi connectivity index (χ2v) is 15.4. The van der Waals surface area contributed by atoms with Crippen molar-refractivity contribution in [1.82, 2.24) is 9.97 Å². The van der Waals surface area contributed by atoms with Gasteiger partial charge >= 0.3 is 0 Å². The zero-order valence-corrected chi connectivity index (χ0v) is 32.0. The molecule has 1 aromatic heterocycles. The Labute approximate surface area is 334 Å². The molecular formula is C55H40N2. The molecule has 0 aliphatic heterocycles. The summed E-state index contributed by atoms with van der Waals surface area (Å²) in [5.41, 5.74) is 19.7. The summed E-state index contributed by atoms with van der Waals surface area (Å²) in [6, 6.07) is 73.7. The number of nitrogens with zero attached hydrogens (tertiary/aromatic N) is 2. The molecule has 8 aromatic carbocycles. The minimum absolute atomic E-state index is 0.0308. The Morgan fingerprint density at radius 2 is 0.667 bits per heavy atom. The molecule has 2 nitrogen and oxygen atoms in total. The first-order valence-electron chi connectivity index (χ1n) is 19.6. The van der Waals surface area contributed by atoms with Gasteiger partial charge in [0.2, 0.25) is 0 Å². The fourth-order valence-electron chi connectivity index (χ4n) is 8.43. The van der Waals surface area contributed by atoms with Gasteiger partial charge in [0.05, 0.1) is 11.4 Å². The summed E-state index contributed by atoms with van der Waals surface area (Å²) in [5.74, 6) is 0.693. The molecule has 0 saturated heterocycles. The van der Waals surface area contributed by atoms with Crippen LogP contribution in [0.3, 0.4) is 0 Å². The molecular weight excluding hydrogens is 689 g/mol. The van der Waals surface area contributed by atoms with Gasteiger partial charge in [0.15, 0.2) is 5.82 Å². The minimum atomic E-state index is -0.0308. The van der Waals surface area contributed by atoms with Gasteiger partial charge < -0.3 is 0 Å². The molecule has 270 valence electrons. The van der Waals surface area contributed by atoms with Crippen molar-refractivity contribution in [2.75, 3.05) is 0 Å². The van der Waals surface area contributed by atoms with Crippen LogP contribution in [-0.2, 0) is 5.41 Å². The fraction of sp³-hybridized carbons (Fsp3) is 0.0545. The van der Waals surface area contributed by atoms with Crippen LogP contribution in [0.5, 0.6) is 0 Å². The molecule has 9 aromatic rings. The third-order valence-corrected chi connectivity index (χ3v) is 11.5. The van der Waals surface area contributed by atoms with Crippen molar-refractivity contribution >= 4 is 0 Å². The number of fused-ring (bicyclic) bond motifs is 3. The monoisotopic (exact) mass is 728 g/mol. The number of rotatable bonds is 7. The van der Waals surface area contributed by atoms with Gasteiger partial charge in [-0.25, -0.2) is 9.97 Å². The first kappa shape index (κ1) is 34.3. The van der Waals surface area contributed by atoms with Crippen LogP contribution in [0.2, 0.25) is 0 Å². The molecule has 1 heterocycles. The maximum absolute atomic E-state index is 5.25. The summed E-state index contributed by atoms with van der Waals surface area (Å²) in [4.78, 5) is 10.5. The maximum atomic E-state index is 5.25. The van der Waals surface area contributed by atoms with Crippen LogP contribution in [0.4, 0.5) is 0 Å². The van der Waals surface area contributed by atoms with Crippen molar-refractivity contribution in [2.45, 2.75) is 19.3 Å². The third-order valence-electron chi connectivity index (χ3n) is 11.5. The number of hydrogen-bond acceptors (Lipinski definition) is 2. The Hall–Kier alpha value is -7.16. The number of benzene rings is 8. The fourth-order valence-corrected chi connectivity index (χ4v) is 8.43. The Morgan fingerprint density at radius 1 is 0.281 bits per heavy atom. The molecule has 0 atom stereocenters. The van der Waals surface area contributed by atoms with E-state index in [-0.39, 0.29) is 5.41 Å². The highest BCUT2D eigenvalue weighted by Gasteiger charge is 2.35. The van der Waals surface area contributed by atoms with E-state index in [1.165, 1.54) is 44.5 Å². The average molecular weight is 729 g/mol. The largest absolute Gasteiger partial charge is 0.228 e. The lowest BCUT2D eigenvalue weighted by atomic mass is 9.81. The van der Waals surface area contributed by atoms with Crippen LogP contribution >= 0.6 is 0 Å². The maximum Gasteiger partial charge on any atom is 0.160 e. The smallest absolute Gasteiger partial charge is 0.160 e. The molecule has 0 spiro atoms. The molecule has 0 saturated carbocycles. The lowest BCUT2D eigenvalue weighted by Crippen LogP contribution is -2.14. The molecule has 0 bridgehead atoms. The van der Waals surface area contributed by atoms with Gasteiger partial charge in [-0.2, -0.15) is 0 Å². The molecule has 0 radical (unpaired) electrons. The van der Waals surface area contributed by atoms with Crippen molar-refractivity contribution in [2.24, 2.45) is 0 Å². The van der Waals surface area contributed by atoms with Crippen molar-refractivity contribution in [3.63, 3.8) is 0 Å². The highest BCUT2D eigenvalue weighted by Crippen LogP contribution is 2.49. The second-order valence-electron chi connectivity index (χ2n) is 15.4. The van der Waals surface area contributed by atoms with Crippen LogP contribution in [-0.4, -0.2) is 9.97 Å². The molecule has 0 amide bonds. The van der Waals surface area contributed by atoms with Crippen molar-refractivity contribution in [3.8, 4) is 89.5 Å². The highest BCUT2D eigenvalue weighted by atomic mass is 14.9. The van der Waals surface area contributed by atoms with Crippen molar-refractivity contribution < 1.29 is 0 Å². The van der Waals surface area contributed by atoms with Crippen LogP contribution < -0.4 is 0 Å². The Bertz CT molecular complexity index is 2810. The first-order valence-corrected chi connectivity index (χ1v) is 19.6. The molecule has 10 rings (SSSR count). The normalized spacial score (nSPS) is 12.5. The Balaban J connectivity index is 1.02. The van der Waals surface area contributed by atoms with E-state index in [4.69, 9.17) is 9.97 Å². The average Bonchev–Trinajstić information content (AvgIpc) is 3.52. The van der Waals surface area contributed by atoms with Crippen LogP contribution in [0.1, 0.15) is 25.0 Å². The second kappa shape index (κ2) is 14.2. The summed E-state index contributed by atoms with van der Waals surface area (Å²) in [7, 11) is 0. The first-order chi connectivity index (χ1) is 28.0. The van der Waals surface area contributed by atoms with Gasteiger partial charge in [-0.1, -0.05) is 190 Å². The predicted molar refractivity (Wildman–Crippen MR) is 238 cm³/mol. The van der Waals surface area contributed by atoms with E-state index in [0.717, 1.165) is 50.3 Å². The SMILES string of the molecule is CC1(C)c2ccccc2-c2ccc(-c3ccc(-c4cccc(-c5nc(-c6cccc(-c7ccccc7)c6)cc(-c6cccc(-c7ccccc7)c6)n5)c4)cc3)cc21. The summed E-state index contributed by atoms with van der Waals surface area (Å²) >= 11 is 0. The summed E-state index contributed by atoms with van der Waals surface area (Å²) in [5, 5.41) is 0. The zero-order chi connectivity index (χ0) is 38.3. The number of aromatic nitrogens is 2. The lowest BCUT2D eigenvalue weighted by Gasteiger charge is -2.22. The zero-order valence-electron chi connectivity index (χ0n) is 32.0. The third kappa shape index (κ3) is 6.46.